The third-order valence-corrected chi connectivity index (χ3v) is 2.78. The standard InChI is InChI=1S/C14H15ClO5/c1-14(2,13(18)19)8-20-11-5-4-10(15)7-9(11)3-6-12(16)17/h3-7H,8H2,1-2H3,(H,16,17)(H,18,19). The van der Waals surface area contributed by atoms with Gasteiger partial charge in [0.1, 0.15) is 12.4 Å². The number of carboxylic acid groups (broad SMARTS) is 2. The molecule has 0 aromatic heterocycles. The number of hydrogen-bond donors (Lipinski definition) is 2. The number of rotatable bonds is 6. The summed E-state index contributed by atoms with van der Waals surface area (Å²) in [7, 11) is 0. The van der Waals surface area contributed by atoms with Crippen LogP contribution < -0.4 is 4.74 Å². The molecule has 0 radical (unpaired) electrons. The van der Waals surface area contributed by atoms with Crippen molar-refractivity contribution in [2.45, 2.75) is 13.8 Å². The van der Waals surface area contributed by atoms with Gasteiger partial charge in [0.05, 0.1) is 5.41 Å². The van der Waals surface area contributed by atoms with Crippen LogP contribution in [0.3, 0.4) is 0 Å². The molecular formula is C14H15ClO5. The molecule has 108 valence electrons. The molecule has 0 saturated heterocycles. The van der Waals surface area contributed by atoms with E-state index in [2.05, 4.69) is 0 Å². The lowest BCUT2D eigenvalue weighted by Gasteiger charge is -2.20. The Kier molecular flexibility index (Phi) is 5.16. The Balaban J connectivity index is 2.95. The van der Waals surface area contributed by atoms with E-state index in [4.69, 9.17) is 26.6 Å². The van der Waals surface area contributed by atoms with Gasteiger partial charge in [-0.05, 0) is 38.1 Å². The van der Waals surface area contributed by atoms with Gasteiger partial charge in [-0.15, -0.1) is 0 Å². The molecule has 2 N–H and O–H groups in total. The molecule has 20 heavy (non-hydrogen) atoms. The fourth-order valence-corrected chi connectivity index (χ4v) is 1.44. The maximum absolute atomic E-state index is 11.0. The van der Waals surface area contributed by atoms with Crippen LogP contribution in [0, 0.1) is 5.41 Å². The minimum atomic E-state index is -1.10. The average Bonchev–Trinajstić information content (AvgIpc) is 2.34. The van der Waals surface area contributed by atoms with Gasteiger partial charge in [0.15, 0.2) is 0 Å². The molecule has 0 atom stereocenters. The van der Waals surface area contributed by atoms with Crippen LogP contribution in [0.25, 0.3) is 6.08 Å². The molecule has 0 amide bonds. The molecule has 1 aromatic rings. The first-order chi connectivity index (χ1) is 9.22. The van der Waals surface area contributed by atoms with E-state index in [1.165, 1.54) is 19.9 Å². The van der Waals surface area contributed by atoms with E-state index in [9.17, 15) is 9.59 Å². The summed E-state index contributed by atoms with van der Waals surface area (Å²) in [4.78, 5) is 21.5. The van der Waals surface area contributed by atoms with Crippen LogP contribution in [0.2, 0.25) is 5.02 Å². The summed E-state index contributed by atoms with van der Waals surface area (Å²) in [5.41, 5.74) is -0.575. The maximum Gasteiger partial charge on any atom is 0.328 e. The number of ether oxygens (including phenoxy) is 1. The molecule has 0 bridgehead atoms. The first kappa shape index (κ1) is 16.0. The Labute approximate surface area is 121 Å². The molecule has 0 heterocycles. The van der Waals surface area contributed by atoms with Crippen molar-refractivity contribution in [3.8, 4) is 5.75 Å². The van der Waals surface area contributed by atoms with Gasteiger partial charge in [-0.25, -0.2) is 4.79 Å². The number of carboxylic acids is 2. The summed E-state index contributed by atoms with van der Waals surface area (Å²) >= 11 is 5.84. The van der Waals surface area contributed by atoms with Crippen LogP contribution in [0.1, 0.15) is 19.4 Å². The molecule has 0 aliphatic heterocycles. The van der Waals surface area contributed by atoms with Gasteiger partial charge in [-0.1, -0.05) is 11.6 Å². The Bertz CT molecular complexity index is 548. The van der Waals surface area contributed by atoms with Crippen molar-refractivity contribution >= 4 is 29.6 Å². The van der Waals surface area contributed by atoms with E-state index in [1.807, 2.05) is 0 Å². The molecule has 1 rings (SSSR count). The molecule has 0 spiro atoms. The van der Waals surface area contributed by atoms with Gasteiger partial charge in [-0.2, -0.15) is 0 Å². The lowest BCUT2D eigenvalue weighted by atomic mass is 9.95. The molecule has 0 aliphatic rings. The van der Waals surface area contributed by atoms with E-state index in [0.717, 1.165) is 6.08 Å². The second-order valence-corrected chi connectivity index (χ2v) is 5.27. The molecule has 0 aliphatic carbocycles. The van der Waals surface area contributed by atoms with Crippen LogP contribution >= 0.6 is 11.6 Å². The van der Waals surface area contributed by atoms with E-state index >= 15 is 0 Å². The minimum absolute atomic E-state index is 0.0438. The van der Waals surface area contributed by atoms with Gasteiger partial charge >= 0.3 is 11.9 Å². The Morgan fingerprint density at radius 2 is 2.00 bits per heavy atom. The lowest BCUT2D eigenvalue weighted by Crippen LogP contribution is -2.30. The Hall–Kier alpha value is -2.01. The molecule has 5 nitrogen and oxygen atoms in total. The number of benzene rings is 1. The molecule has 1 aromatic carbocycles. The summed E-state index contributed by atoms with van der Waals surface area (Å²) in [6.07, 6.45) is 2.30. The predicted octanol–water partition coefficient (Wildman–Crippen LogP) is 2.93. The van der Waals surface area contributed by atoms with Crippen molar-refractivity contribution in [1.82, 2.24) is 0 Å². The SMILES string of the molecule is CC(C)(COc1ccc(Cl)cc1C=CC(=O)O)C(=O)O. The first-order valence-corrected chi connectivity index (χ1v) is 6.17. The maximum atomic E-state index is 11.0. The molecule has 0 fully saturated rings. The summed E-state index contributed by atoms with van der Waals surface area (Å²) < 4.78 is 5.47. The number of halogens is 1. The summed E-state index contributed by atoms with van der Waals surface area (Å²) in [6.45, 7) is 3.04. The highest BCUT2D eigenvalue weighted by Gasteiger charge is 2.28. The zero-order valence-corrected chi connectivity index (χ0v) is 11.8. The summed E-state index contributed by atoms with van der Waals surface area (Å²) in [5.74, 6) is -1.70. The second-order valence-electron chi connectivity index (χ2n) is 4.83. The lowest BCUT2D eigenvalue weighted by molar-refractivity contribution is -0.148. The number of hydrogen-bond acceptors (Lipinski definition) is 3. The fraction of sp³-hybridized carbons (Fsp3) is 0.286. The van der Waals surface area contributed by atoms with Gasteiger partial charge in [0, 0.05) is 16.7 Å². The van der Waals surface area contributed by atoms with E-state index in [0.29, 0.717) is 16.3 Å². The van der Waals surface area contributed by atoms with Crippen molar-refractivity contribution in [3.05, 3.63) is 34.9 Å². The van der Waals surface area contributed by atoms with Crippen LogP contribution in [-0.2, 0) is 9.59 Å². The zero-order valence-electron chi connectivity index (χ0n) is 11.1. The van der Waals surface area contributed by atoms with Crippen molar-refractivity contribution < 1.29 is 24.5 Å². The molecule has 0 unspecified atom stereocenters. The Morgan fingerprint density at radius 1 is 1.35 bits per heavy atom. The average molecular weight is 299 g/mol. The monoisotopic (exact) mass is 298 g/mol. The van der Waals surface area contributed by atoms with E-state index in [1.54, 1.807) is 18.2 Å². The van der Waals surface area contributed by atoms with Gasteiger partial charge < -0.3 is 14.9 Å². The Morgan fingerprint density at radius 3 is 2.55 bits per heavy atom. The highest BCUT2D eigenvalue weighted by molar-refractivity contribution is 6.30. The topological polar surface area (TPSA) is 83.8 Å². The van der Waals surface area contributed by atoms with E-state index in [-0.39, 0.29) is 6.61 Å². The van der Waals surface area contributed by atoms with Crippen LogP contribution in [-0.4, -0.2) is 28.8 Å². The second kappa shape index (κ2) is 6.43. The normalized spacial score (nSPS) is 11.6. The van der Waals surface area contributed by atoms with Crippen LogP contribution in [0.15, 0.2) is 24.3 Å². The number of carbonyl (C=O) groups is 2. The van der Waals surface area contributed by atoms with Gasteiger partial charge in [0.25, 0.3) is 0 Å². The van der Waals surface area contributed by atoms with Crippen molar-refractivity contribution in [1.29, 1.82) is 0 Å². The number of aliphatic carboxylic acids is 2. The van der Waals surface area contributed by atoms with Crippen LogP contribution in [0.5, 0.6) is 5.75 Å². The highest BCUT2D eigenvalue weighted by Crippen LogP contribution is 2.26. The van der Waals surface area contributed by atoms with Crippen LogP contribution in [0.4, 0.5) is 0 Å². The summed E-state index contributed by atoms with van der Waals surface area (Å²) in [6, 6.07) is 4.70. The largest absolute Gasteiger partial charge is 0.492 e. The van der Waals surface area contributed by atoms with E-state index < -0.39 is 17.4 Å². The quantitative estimate of drug-likeness (QED) is 0.789. The molecule has 6 heteroatoms. The van der Waals surface area contributed by atoms with Crippen molar-refractivity contribution in [2.24, 2.45) is 5.41 Å². The zero-order chi connectivity index (χ0) is 15.3. The summed E-state index contributed by atoms with van der Waals surface area (Å²) in [5, 5.41) is 18.1. The first-order valence-electron chi connectivity index (χ1n) is 5.79. The van der Waals surface area contributed by atoms with Crippen molar-refractivity contribution in [3.63, 3.8) is 0 Å². The van der Waals surface area contributed by atoms with Gasteiger partial charge in [0.2, 0.25) is 0 Å². The predicted molar refractivity (Wildman–Crippen MR) is 75.0 cm³/mol. The smallest absolute Gasteiger partial charge is 0.328 e. The highest BCUT2D eigenvalue weighted by atomic mass is 35.5. The third-order valence-electron chi connectivity index (χ3n) is 2.54. The van der Waals surface area contributed by atoms with Gasteiger partial charge in [-0.3, -0.25) is 4.79 Å². The molecular weight excluding hydrogens is 284 g/mol. The minimum Gasteiger partial charge on any atom is -0.492 e. The van der Waals surface area contributed by atoms with Crippen molar-refractivity contribution in [2.75, 3.05) is 6.61 Å². The third kappa shape index (κ3) is 4.59. The fourth-order valence-electron chi connectivity index (χ4n) is 1.26. The molecule has 0 saturated carbocycles.